The van der Waals surface area contributed by atoms with Gasteiger partial charge in [0.2, 0.25) is 5.91 Å². The minimum atomic E-state index is 0.0143. The van der Waals surface area contributed by atoms with Crippen LogP contribution in [0.3, 0.4) is 0 Å². The number of unbranched alkanes of at least 4 members (excludes halogenated alkanes) is 3. The summed E-state index contributed by atoms with van der Waals surface area (Å²) in [6.07, 6.45) is 6.27. The molecule has 0 saturated carbocycles. The predicted molar refractivity (Wildman–Crippen MR) is 159 cm³/mol. The van der Waals surface area contributed by atoms with Crippen molar-refractivity contribution in [3.8, 4) is 17.2 Å². The zero-order chi connectivity index (χ0) is 28.2. The number of carbonyl (C=O) groups is 1. The van der Waals surface area contributed by atoms with Gasteiger partial charge in [-0.05, 0) is 74.1 Å². The van der Waals surface area contributed by atoms with Crippen LogP contribution in [-0.4, -0.2) is 42.8 Å². The molecular formula is C33H41N3O4. The van der Waals surface area contributed by atoms with Crippen LogP contribution >= 0.6 is 0 Å². The lowest BCUT2D eigenvalue weighted by Gasteiger charge is -2.11. The molecule has 0 bridgehead atoms. The van der Waals surface area contributed by atoms with Crippen molar-refractivity contribution in [3.63, 3.8) is 0 Å². The molecule has 7 heteroatoms. The Bertz CT molecular complexity index is 1380. The fourth-order valence-corrected chi connectivity index (χ4v) is 4.89. The van der Waals surface area contributed by atoms with E-state index in [1.165, 1.54) is 11.1 Å². The second kappa shape index (κ2) is 15.0. The van der Waals surface area contributed by atoms with Crippen LogP contribution in [0.5, 0.6) is 17.2 Å². The number of hydrogen-bond acceptors (Lipinski definition) is 5. The third kappa shape index (κ3) is 8.01. The topological polar surface area (TPSA) is 74.6 Å². The standard InChI is InChI=1S/C33H41N3O4/c1-25-13-6-9-16-29(25)40-22-12-11-21-36-28-15-8-7-14-27(28)35-32(36)17-5-4-10-20-34-33(37)24-26-18-19-30(38-2)31(23-26)39-3/h6-9,13-16,18-19,23H,4-5,10-12,17,20-22,24H2,1-3H3,(H,34,37). The van der Waals surface area contributed by atoms with Crippen molar-refractivity contribution in [2.75, 3.05) is 27.4 Å². The van der Waals surface area contributed by atoms with E-state index >= 15 is 0 Å². The first-order valence-corrected chi connectivity index (χ1v) is 14.2. The van der Waals surface area contributed by atoms with E-state index in [2.05, 4.69) is 41.1 Å². The molecule has 0 radical (unpaired) electrons. The lowest BCUT2D eigenvalue weighted by atomic mass is 10.1. The van der Waals surface area contributed by atoms with Crippen LogP contribution in [0.4, 0.5) is 0 Å². The van der Waals surface area contributed by atoms with Gasteiger partial charge in [0, 0.05) is 19.5 Å². The number of aromatic nitrogens is 2. The largest absolute Gasteiger partial charge is 0.493 e. The molecule has 0 spiro atoms. The van der Waals surface area contributed by atoms with Gasteiger partial charge in [-0.25, -0.2) is 4.98 Å². The van der Waals surface area contributed by atoms with Gasteiger partial charge in [-0.15, -0.1) is 0 Å². The van der Waals surface area contributed by atoms with Crippen LogP contribution in [0.15, 0.2) is 66.7 Å². The highest BCUT2D eigenvalue weighted by Gasteiger charge is 2.11. The Hall–Kier alpha value is -4.00. The summed E-state index contributed by atoms with van der Waals surface area (Å²) < 4.78 is 18.9. The minimum absolute atomic E-state index is 0.0143. The van der Waals surface area contributed by atoms with Crippen molar-refractivity contribution in [3.05, 3.63) is 83.7 Å². The molecule has 0 atom stereocenters. The molecule has 1 heterocycles. The third-order valence-corrected chi connectivity index (χ3v) is 7.07. The van der Waals surface area contributed by atoms with Gasteiger partial charge < -0.3 is 24.1 Å². The molecule has 0 fully saturated rings. The van der Waals surface area contributed by atoms with Crippen molar-refractivity contribution in [1.29, 1.82) is 0 Å². The van der Waals surface area contributed by atoms with Gasteiger partial charge in [0.25, 0.3) is 0 Å². The average molecular weight is 544 g/mol. The van der Waals surface area contributed by atoms with Crippen LogP contribution in [0.25, 0.3) is 11.0 Å². The Labute approximate surface area is 237 Å². The predicted octanol–water partition coefficient (Wildman–Crippen LogP) is 6.29. The molecule has 7 nitrogen and oxygen atoms in total. The Morgan fingerprint density at radius 1 is 0.850 bits per heavy atom. The maximum Gasteiger partial charge on any atom is 0.224 e. The molecule has 3 aromatic carbocycles. The minimum Gasteiger partial charge on any atom is -0.493 e. The average Bonchev–Trinajstić information content (AvgIpc) is 3.32. The number of fused-ring (bicyclic) bond motifs is 1. The van der Waals surface area contributed by atoms with Crippen LogP contribution in [0.2, 0.25) is 0 Å². The number of benzene rings is 3. The van der Waals surface area contributed by atoms with Gasteiger partial charge in [-0.3, -0.25) is 4.79 Å². The van der Waals surface area contributed by atoms with E-state index < -0.39 is 0 Å². The SMILES string of the molecule is COc1ccc(CC(=O)NCCCCCc2nc3ccccc3n2CCCCOc2ccccc2C)cc1OC. The summed E-state index contributed by atoms with van der Waals surface area (Å²) in [7, 11) is 3.20. The molecule has 40 heavy (non-hydrogen) atoms. The number of methoxy groups -OCH3 is 2. The molecular weight excluding hydrogens is 502 g/mol. The summed E-state index contributed by atoms with van der Waals surface area (Å²) in [6.45, 7) is 4.39. The number of aryl methyl sites for hydroxylation is 3. The van der Waals surface area contributed by atoms with Gasteiger partial charge in [0.15, 0.2) is 11.5 Å². The number of ether oxygens (including phenoxy) is 3. The summed E-state index contributed by atoms with van der Waals surface area (Å²) >= 11 is 0. The molecule has 4 aromatic rings. The summed E-state index contributed by atoms with van der Waals surface area (Å²) in [5.74, 6) is 3.41. The molecule has 4 rings (SSSR count). The summed E-state index contributed by atoms with van der Waals surface area (Å²) in [6, 6.07) is 22.1. The fourth-order valence-electron chi connectivity index (χ4n) is 4.89. The van der Waals surface area contributed by atoms with Crippen LogP contribution in [-0.2, 0) is 24.2 Å². The lowest BCUT2D eigenvalue weighted by molar-refractivity contribution is -0.120. The zero-order valence-electron chi connectivity index (χ0n) is 23.9. The number of amides is 1. The number of nitrogens with one attached hydrogen (secondary N) is 1. The first kappa shape index (κ1) is 29.0. The van der Waals surface area contributed by atoms with Gasteiger partial charge in [0.1, 0.15) is 11.6 Å². The molecule has 1 aromatic heterocycles. The van der Waals surface area contributed by atoms with Crippen molar-refractivity contribution in [1.82, 2.24) is 14.9 Å². The first-order valence-electron chi connectivity index (χ1n) is 14.2. The van der Waals surface area contributed by atoms with Crippen molar-refractivity contribution in [2.45, 2.75) is 58.4 Å². The van der Waals surface area contributed by atoms with Crippen LogP contribution < -0.4 is 19.5 Å². The molecule has 0 aliphatic heterocycles. The molecule has 1 amide bonds. The van der Waals surface area contributed by atoms with Gasteiger partial charge in [-0.2, -0.15) is 0 Å². The van der Waals surface area contributed by atoms with E-state index in [0.29, 0.717) is 31.1 Å². The van der Waals surface area contributed by atoms with E-state index in [-0.39, 0.29) is 5.91 Å². The molecule has 1 N–H and O–H groups in total. The zero-order valence-corrected chi connectivity index (χ0v) is 23.9. The summed E-state index contributed by atoms with van der Waals surface area (Å²) in [5.41, 5.74) is 4.31. The van der Waals surface area contributed by atoms with Crippen molar-refractivity contribution in [2.24, 2.45) is 0 Å². The second-order valence-electron chi connectivity index (χ2n) is 10.0. The van der Waals surface area contributed by atoms with E-state index in [1.807, 2.05) is 42.5 Å². The van der Waals surface area contributed by atoms with Crippen molar-refractivity contribution >= 4 is 16.9 Å². The number of imidazole rings is 1. The Balaban J connectivity index is 1.19. The number of para-hydroxylation sites is 3. The highest BCUT2D eigenvalue weighted by Crippen LogP contribution is 2.27. The third-order valence-electron chi connectivity index (χ3n) is 7.07. The van der Waals surface area contributed by atoms with Gasteiger partial charge in [-0.1, -0.05) is 42.8 Å². The van der Waals surface area contributed by atoms with E-state index in [1.54, 1.807) is 14.2 Å². The van der Waals surface area contributed by atoms with Crippen LogP contribution in [0, 0.1) is 6.92 Å². The highest BCUT2D eigenvalue weighted by molar-refractivity contribution is 5.78. The number of rotatable bonds is 16. The maximum absolute atomic E-state index is 12.4. The Morgan fingerprint density at radius 2 is 1.65 bits per heavy atom. The number of carbonyl (C=O) groups excluding carboxylic acids is 1. The van der Waals surface area contributed by atoms with Gasteiger partial charge >= 0.3 is 0 Å². The first-order chi connectivity index (χ1) is 19.6. The quantitative estimate of drug-likeness (QED) is 0.168. The summed E-state index contributed by atoms with van der Waals surface area (Å²) in [5, 5.41) is 3.04. The number of nitrogens with zero attached hydrogens (tertiary/aromatic N) is 2. The molecule has 0 aliphatic rings. The van der Waals surface area contributed by atoms with E-state index in [4.69, 9.17) is 19.2 Å². The molecule has 0 saturated heterocycles. The Morgan fingerprint density at radius 3 is 2.48 bits per heavy atom. The van der Waals surface area contributed by atoms with Gasteiger partial charge in [0.05, 0.1) is 38.3 Å². The maximum atomic E-state index is 12.4. The molecule has 212 valence electrons. The van der Waals surface area contributed by atoms with Crippen molar-refractivity contribution < 1.29 is 19.0 Å². The van der Waals surface area contributed by atoms with E-state index in [0.717, 1.165) is 67.7 Å². The molecule has 0 aliphatic carbocycles. The molecule has 0 unspecified atom stereocenters. The highest BCUT2D eigenvalue weighted by atomic mass is 16.5. The normalized spacial score (nSPS) is 11.0. The second-order valence-corrected chi connectivity index (χ2v) is 10.0. The lowest BCUT2D eigenvalue weighted by Crippen LogP contribution is -2.26. The van der Waals surface area contributed by atoms with E-state index in [9.17, 15) is 4.79 Å². The smallest absolute Gasteiger partial charge is 0.224 e. The van der Waals surface area contributed by atoms with Crippen LogP contribution in [0.1, 0.15) is 49.1 Å². The monoisotopic (exact) mass is 543 g/mol. The summed E-state index contributed by atoms with van der Waals surface area (Å²) in [4.78, 5) is 17.3. The number of hydrogen-bond donors (Lipinski definition) is 1. The fraction of sp³-hybridized carbons (Fsp3) is 0.394. The Kier molecular flexibility index (Phi) is 10.8.